The van der Waals surface area contributed by atoms with Crippen molar-refractivity contribution >= 4 is 11.9 Å². The van der Waals surface area contributed by atoms with E-state index in [0.29, 0.717) is 19.8 Å². The van der Waals surface area contributed by atoms with Crippen LogP contribution in [-0.4, -0.2) is 61.8 Å². The lowest BCUT2D eigenvalue weighted by Gasteiger charge is -2.30. The normalized spacial score (nSPS) is 22.1. The van der Waals surface area contributed by atoms with Gasteiger partial charge < -0.3 is 19.7 Å². The molecule has 0 aliphatic carbocycles. The number of rotatable bonds is 7. The van der Waals surface area contributed by atoms with Crippen LogP contribution in [0.3, 0.4) is 0 Å². The van der Waals surface area contributed by atoms with Crippen molar-refractivity contribution < 1.29 is 19.1 Å². The van der Waals surface area contributed by atoms with Gasteiger partial charge in [0.2, 0.25) is 5.91 Å². The molecule has 1 aliphatic rings. The predicted octanol–water partition coefficient (Wildman–Crippen LogP) is 0.411. The van der Waals surface area contributed by atoms with Crippen LogP contribution in [0.4, 0.5) is 0 Å². The van der Waals surface area contributed by atoms with Gasteiger partial charge in [0, 0.05) is 12.1 Å². The summed E-state index contributed by atoms with van der Waals surface area (Å²) in [5.74, 6) is -0.642. The Balaban J connectivity index is 2.70. The van der Waals surface area contributed by atoms with Gasteiger partial charge in [0.05, 0.1) is 25.7 Å². The number of hydrogen-bond donors (Lipinski definition) is 1. The molecule has 6 nitrogen and oxygen atoms in total. The van der Waals surface area contributed by atoms with Gasteiger partial charge in [0.25, 0.3) is 0 Å². The first-order valence-electron chi connectivity index (χ1n) is 7.28. The summed E-state index contributed by atoms with van der Waals surface area (Å²) in [6, 6.07) is -0.0225. The summed E-state index contributed by atoms with van der Waals surface area (Å²) in [7, 11) is 0. The van der Waals surface area contributed by atoms with Crippen molar-refractivity contribution in [3.8, 4) is 0 Å². The van der Waals surface area contributed by atoms with Crippen LogP contribution in [0.2, 0.25) is 0 Å². The molecule has 1 N–H and O–H groups in total. The van der Waals surface area contributed by atoms with Crippen LogP contribution < -0.4 is 5.32 Å². The average Bonchev–Trinajstić information content (AvgIpc) is 2.84. The number of amides is 1. The van der Waals surface area contributed by atoms with Crippen molar-refractivity contribution in [2.24, 2.45) is 5.92 Å². The standard InChI is InChI=1S/C14H26N2O4/c1-5-15-12-9-19-8-11(12)14(18)16(10(3)4)7-13(17)20-6-2/h10-12,15H,5-9H2,1-4H3. The van der Waals surface area contributed by atoms with Gasteiger partial charge in [0.1, 0.15) is 6.54 Å². The van der Waals surface area contributed by atoms with E-state index in [9.17, 15) is 9.59 Å². The predicted molar refractivity (Wildman–Crippen MR) is 75.3 cm³/mol. The average molecular weight is 286 g/mol. The Hall–Kier alpha value is -1.14. The van der Waals surface area contributed by atoms with Gasteiger partial charge in [-0.1, -0.05) is 6.92 Å². The molecular weight excluding hydrogens is 260 g/mol. The molecule has 0 aromatic carbocycles. The maximum absolute atomic E-state index is 12.6. The van der Waals surface area contributed by atoms with Crippen LogP contribution in [0.5, 0.6) is 0 Å². The minimum absolute atomic E-state index is 0.000313. The minimum atomic E-state index is -0.367. The van der Waals surface area contributed by atoms with Gasteiger partial charge in [-0.3, -0.25) is 9.59 Å². The second-order valence-corrected chi connectivity index (χ2v) is 5.17. The number of nitrogens with zero attached hydrogens (tertiary/aromatic N) is 1. The molecule has 116 valence electrons. The van der Waals surface area contributed by atoms with Crippen LogP contribution in [-0.2, 0) is 19.1 Å². The third-order valence-corrected chi connectivity index (χ3v) is 3.38. The summed E-state index contributed by atoms with van der Waals surface area (Å²) in [5, 5.41) is 3.26. The van der Waals surface area contributed by atoms with Gasteiger partial charge in [-0.2, -0.15) is 0 Å². The summed E-state index contributed by atoms with van der Waals surface area (Å²) in [6.07, 6.45) is 0. The van der Waals surface area contributed by atoms with Crippen molar-refractivity contribution in [2.45, 2.75) is 39.8 Å². The number of carbonyl (C=O) groups is 2. The second-order valence-electron chi connectivity index (χ2n) is 5.17. The van der Waals surface area contributed by atoms with Crippen LogP contribution in [0.25, 0.3) is 0 Å². The summed E-state index contributed by atoms with van der Waals surface area (Å²) < 4.78 is 10.3. The molecule has 2 unspecified atom stereocenters. The Kier molecular flexibility index (Phi) is 6.95. The lowest BCUT2D eigenvalue weighted by Crippen LogP contribution is -2.49. The third-order valence-electron chi connectivity index (χ3n) is 3.38. The Labute approximate surface area is 120 Å². The molecule has 1 heterocycles. The molecule has 1 amide bonds. The second kappa shape index (κ2) is 8.21. The number of nitrogens with one attached hydrogen (secondary N) is 1. The zero-order chi connectivity index (χ0) is 15.1. The van der Waals surface area contributed by atoms with E-state index in [4.69, 9.17) is 9.47 Å². The third kappa shape index (κ3) is 4.45. The first-order valence-corrected chi connectivity index (χ1v) is 7.28. The number of hydrogen-bond acceptors (Lipinski definition) is 5. The molecule has 1 aliphatic heterocycles. The van der Waals surface area contributed by atoms with E-state index in [0.717, 1.165) is 6.54 Å². The van der Waals surface area contributed by atoms with Crippen LogP contribution in [0.15, 0.2) is 0 Å². The van der Waals surface area contributed by atoms with Crippen molar-refractivity contribution in [2.75, 3.05) is 32.9 Å². The summed E-state index contributed by atoms with van der Waals surface area (Å²) in [6.45, 7) is 9.61. The Morgan fingerprint density at radius 3 is 2.60 bits per heavy atom. The zero-order valence-corrected chi connectivity index (χ0v) is 12.8. The van der Waals surface area contributed by atoms with E-state index >= 15 is 0 Å². The Bertz CT molecular complexity index is 333. The Morgan fingerprint density at radius 2 is 2.05 bits per heavy atom. The summed E-state index contributed by atoms with van der Waals surface area (Å²) >= 11 is 0. The van der Waals surface area contributed by atoms with E-state index < -0.39 is 0 Å². The maximum atomic E-state index is 12.6. The van der Waals surface area contributed by atoms with Crippen LogP contribution in [0.1, 0.15) is 27.7 Å². The molecule has 0 bridgehead atoms. The molecule has 0 saturated carbocycles. The number of ether oxygens (including phenoxy) is 2. The number of likely N-dealkylation sites (N-methyl/N-ethyl adjacent to an activating group) is 1. The van der Waals surface area contributed by atoms with Gasteiger partial charge in [-0.05, 0) is 27.3 Å². The highest BCUT2D eigenvalue weighted by molar-refractivity contribution is 5.84. The minimum Gasteiger partial charge on any atom is -0.465 e. The van der Waals surface area contributed by atoms with Crippen molar-refractivity contribution in [1.82, 2.24) is 10.2 Å². The van der Waals surface area contributed by atoms with Crippen molar-refractivity contribution in [3.05, 3.63) is 0 Å². The molecule has 2 atom stereocenters. The maximum Gasteiger partial charge on any atom is 0.325 e. The lowest BCUT2D eigenvalue weighted by molar-refractivity contribution is -0.151. The van der Waals surface area contributed by atoms with E-state index in [1.165, 1.54) is 0 Å². The van der Waals surface area contributed by atoms with Crippen molar-refractivity contribution in [3.63, 3.8) is 0 Å². The summed E-state index contributed by atoms with van der Waals surface area (Å²) in [5.41, 5.74) is 0. The van der Waals surface area contributed by atoms with E-state index in [1.54, 1.807) is 11.8 Å². The quantitative estimate of drug-likeness (QED) is 0.687. The van der Waals surface area contributed by atoms with Crippen LogP contribution in [0, 0.1) is 5.92 Å². The molecule has 1 fully saturated rings. The first-order chi connectivity index (χ1) is 9.51. The van der Waals surface area contributed by atoms with Gasteiger partial charge in [-0.25, -0.2) is 0 Å². The largest absolute Gasteiger partial charge is 0.465 e. The zero-order valence-electron chi connectivity index (χ0n) is 12.8. The summed E-state index contributed by atoms with van der Waals surface area (Å²) in [4.78, 5) is 25.8. The highest BCUT2D eigenvalue weighted by atomic mass is 16.5. The van der Waals surface area contributed by atoms with E-state index in [1.807, 2.05) is 20.8 Å². The van der Waals surface area contributed by atoms with Gasteiger partial charge >= 0.3 is 5.97 Å². The van der Waals surface area contributed by atoms with Crippen LogP contribution >= 0.6 is 0 Å². The van der Waals surface area contributed by atoms with Gasteiger partial charge in [-0.15, -0.1) is 0 Å². The Morgan fingerprint density at radius 1 is 1.35 bits per heavy atom. The molecular formula is C14H26N2O4. The monoisotopic (exact) mass is 286 g/mol. The van der Waals surface area contributed by atoms with E-state index in [-0.39, 0.29) is 36.4 Å². The molecule has 6 heteroatoms. The van der Waals surface area contributed by atoms with E-state index in [2.05, 4.69) is 5.32 Å². The molecule has 0 aromatic heterocycles. The fourth-order valence-corrected chi connectivity index (χ4v) is 2.33. The molecule has 0 radical (unpaired) electrons. The molecule has 20 heavy (non-hydrogen) atoms. The fourth-order valence-electron chi connectivity index (χ4n) is 2.33. The molecule has 0 spiro atoms. The number of carbonyl (C=O) groups excluding carboxylic acids is 2. The fraction of sp³-hybridized carbons (Fsp3) is 0.857. The molecule has 1 saturated heterocycles. The van der Waals surface area contributed by atoms with Crippen molar-refractivity contribution in [1.29, 1.82) is 0 Å². The highest BCUT2D eigenvalue weighted by Crippen LogP contribution is 2.18. The SMILES string of the molecule is CCNC1COCC1C(=O)N(CC(=O)OCC)C(C)C. The smallest absolute Gasteiger partial charge is 0.325 e. The molecule has 1 rings (SSSR count). The lowest BCUT2D eigenvalue weighted by atomic mass is 10.0. The topological polar surface area (TPSA) is 67.9 Å². The highest BCUT2D eigenvalue weighted by Gasteiger charge is 2.37. The van der Waals surface area contributed by atoms with Gasteiger partial charge in [0.15, 0.2) is 0 Å². The number of esters is 1. The first kappa shape index (κ1) is 16.9. The molecule has 0 aromatic rings.